The summed E-state index contributed by atoms with van der Waals surface area (Å²) in [6.07, 6.45) is 0. The third kappa shape index (κ3) is 3.42. The Balaban J connectivity index is 1.70. The molecule has 0 unspecified atom stereocenters. The lowest BCUT2D eigenvalue weighted by Crippen LogP contribution is -2.02. The second kappa shape index (κ2) is 8.51. The Hall–Kier alpha value is -4.40. The molecule has 2 aromatic carbocycles. The van der Waals surface area contributed by atoms with Crippen LogP contribution in [0.1, 0.15) is 5.69 Å². The number of ether oxygens (including phenoxy) is 4. The van der Waals surface area contributed by atoms with Gasteiger partial charge >= 0.3 is 0 Å². The van der Waals surface area contributed by atoms with Crippen molar-refractivity contribution in [3.63, 3.8) is 0 Å². The van der Waals surface area contributed by atoms with Gasteiger partial charge in [-0.1, -0.05) is 5.21 Å². The summed E-state index contributed by atoms with van der Waals surface area (Å²) in [5.74, 6) is 2.31. The van der Waals surface area contributed by atoms with Gasteiger partial charge in [-0.25, -0.2) is 9.97 Å². The molecule has 9 heteroatoms. The maximum absolute atomic E-state index is 5.50. The molecule has 172 valence electrons. The molecule has 9 nitrogen and oxygen atoms in total. The molecule has 0 spiro atoms. The lowest BCUT2D eigenvalue weighted by molar-refractivity contribution is 0.324. The van der Waals surface area contributed by atoms with E-state index in [2.05, 4.69) is 10.3 Å². The first-order valence-electron chi connectivity index (χ1n) is 10.6. The number of nitrogens with zero attached hydrogens (tertiary/aromatic N) is 5. The molecule has 0 atom stereocenters. The standard InChI is InChI=1S/C25H23N5O4/c1-14-18-10-11-19(15-6-8-17(31-2)9-7-15)27-22(18)23-25(26-14)30(29-28-23)16-12-20(32-3)24(34-5)21(13-16)33-4/h6-13H,1-5H3. The molecule has 0 radical (unpaired) electrons. The molecule has 5 aromatic rings. The summed E-state index contributed by atoms with van der Waals surface area (Å²) in [5.41, 5.74) is 5.21. The van der Waals surface area contributed by atoms with E-state index in [0.717, 1.165) is 33.6 Å². The monoisotopic (exact) mass is 457 g/mol. The molecule has 3 aromatic heterocycles. The zero-order chi connectivity index (χ0) is 23.8. The maximum Gasteiger partial charge on any atom is 0.203 e. The molecule has 5 rings (SSSR count). The van der Waals surface area contributed by atoms with E-state index in [0.29, 0.717) is 34.1 Å². The van der Waals surface area contributed by atoms with E-state index in [1.807, 2.05) is 43.3 Å². The zero-order valence-corrected chi connectivity index (χ0v) is 19.5. The number of rotatable bonds is 6. The highest BCUT2D eigenvalue weighted by molar-refractivity contribution is 6.01. The third-order valence-electron chi connectivity index (χ3n) is 5.71. The van der Waals surface area contributed by atoms with Crippen molar-refractivity contribution in [1.29, 1.82) is 0 Å². The van der Waals surface area contributed by atoms with Gasteiger partial charge in [-0.3, -0.25) is 0 Å². The van der Waals surface area contributed by atoms with Gasteiger partial charge in [0, 0.05) is 28.8 Å². The summed E-state index contributed by atoms with van der Waals surface area (Å²) in [6, 6.07) is 15.4. The van der Waals surface area contributed by atoms with Crippen LogP contribution in [0.15, 0.2) is 48.5 Å². The number of benzene rings is 2. The van der Waals surface area contributed by atoms with Gasteiger partial charge in [0.15, 0.2) is 22.7 Å². The average Bonchev–Trinajstić information content (AvgIpc) is 3.31. The normalized spacial score (nSPS) is 11.1. The van der Waals surface area contributed by atoms with Crippen molar-refractivity contribution in [1.82, 2.24) is 25.0 Å². The molecule has 0 fully saturated rings. The van der Waals surface area contributed by atoms with Crippen LogP contribution in [0.3, 0.4) is 0 Å². The number of hydrogen-bond acceptors (Lipinski definition) is 8. The third-order valence-corrected chi connectivity index (χ3v) is 5.71. The van der Waals surface area contributed by atoms with Crippen LogP contribution >= 0.6 is 0 Å². The van der Waals surface area contributed by atoms with Crippen molar-refractivity contribution in [3.05, 3.63) is 54.2 Å². The molecular formula is C25H23N5O4. The molecule has 0 N–H and O–H groups in total. The molecule has 34 heavy (non-hydrogen) atoms. The first-order chi connectivity index (χ1) is 16.6. The molecule has 0 saturated heterocycles. The molecule has 0 aliphatic carbocycles. The smallest absolute Gasteiger partial charge is 0.203 e. The minimum absolute atomic E-state index is 0.499. The highest BCUT2D eigenvalue weighted by atomic mass is 16.5. The number of methoxy groups -OCH3 is 4. The second-order valence-electron chi connectivity index (χ2n) is 7.58. The van der Waals surface area contributed by atoms with Crippen molar-refractivity contribution in [2.24, 2.45) is 0 Å². The van der Waals surface area contributed by atoms with E-state index in [1.165, 1.54) is 0 Å². The summed E-state index contributed by atoms with van der Waals surface area (Å²) in [7, 11) is 6.35. The van der Waals surface area contributed by atoms with E-state index in [4.69, 9.17) is 28.9 Å². The SMILES string of the molecule is COc1ccc(-c2ccc3c(C)nc4c(nnn4-c4cc(OC)c(OC)c(OC)c4)c3n2)cc1. The Morgan fingerprint density at radius 2 is 1.44 bits per heavy atom. The van der Waals surface area contributed by atoms with E-state index >= 15 is 0 Å². The van der Waals surface area contributed by atoms with Crippen molar-refractivity contribution >= 4 is 22.1 Å². The number of pyridine rings is 2. The van der Waals surface area contributed by atoms with Crippen LogP contribution in [0, 0.1) is 6.92 Å². The Morgan fingerprint density at radius 3 is 2.06 bits per heavy atom. The van der Waals surface area contributed by atoms with Gasteiger partial charge in [0.1, 0.15) is 11.3 Å². The predicted molar refractivity (Wildman–Crippen MR) is 128 cm³/mol. The number of hydrogen-bond donors (Lipinski definition) is 0. The maximum atomic E-state index is 5.50. The summed E-state index contributed by atoms with van der Waals surface area (Å²) in [4.78, 5) is 9.71. The van der Waals surface area contributed by atoms with Crippen LogP contribution in [0.25, 0.3) is 39.0 Å². The quantitative estimate of drug-likeness (QED) is 0.371. The van der Waals surface area contributed by atoms with Gasteiger partial charge in [0.25, 0.3) is 0 Å². The fourth-order valence-corrected chi connectivity index (χ4v) is 3.97. The van der Waals surface area contributed by atoms with E-state index < -0.39 is 0 Å². The summed E-state index contributed by atoms with van der Waals surface area (Å²) < 4.78 is 23.3. The van der Waals surface area contributed by atoms with Gasteiger partial charge in [-0.05, 0) is 43.3 Å². The first kappa shape index (κ1) is 21.4. The molecule has 0 amide bonds. The van der Waals surface area contributed by atoms with Gasteiger partial charge in [0.2, 0.25) is 5.75 Å². The topological polar surface area (TPSA) is 93.4 Å². The van der Waals surface area contributed by atoms with E-state index in [-0.39, 0.29) is 0 Å². The van der Waals surface area contributed by atoms with Crippen LogP contribution < -0.4 is 18.9 Å². The molecule has 0 saturated carbocycles. The zero-order valence-electron chi connectivity index (χ0n) is 19.5. The Bertz CT molecular complexity index is 1490. The van der Waals surface area contributed by atoms with Crippen molar-refractivity contribution in [2.45, 2.75) is 6.92 Å². The van der Waals surface area contributed by atoms with Crippen LogP contribution in [0.4, 0.5) is 0 Å². The molecular weight excluding hydrogens is 434 g/mol. The minimum atomic E-state index is 0.499. The lowest BCUT2D eigenvalue weighted by atomic mass is 10.1. The number of aryl methyl sites for hydroxylation is 1. The van der Waals surface area contributed by atoms with Gasteiger partial charge in [0.05, 0.1) is 39.8 Å². The van der Waals surface area contributed by atoms with E-state index in [1.54, 1.807) is 45.3 Å². The minimum Gasteiger partial charge on any atom is -0.497 e. The highest BCUT2D eigenvalue weighted by Crippen LogP contribution is 2.39. The van der Waals surface area contributed by atoms with Crippen molar-refractivity contribution in [2.75, 3.05) is 28.4 Å². The first-order valence-corrected chi connectivity index (χ1v) is 10.6. The molecule has 0 aliphatic heterocycles. The number of aromatic nitrogens is 5. The summed E-state index contributed by atoms with van der Waals surface area (Å²) >= 11 is 0. The van der Waals surface area contributed by atoms with Crippen molar-refractivity contribution < 1.29 is 18.9 Å². The van der Waals surface area contributed by atoms with Crippen LogP contribution in [0.2, 0.25) is 0 Å². The number of fused-ring (bicyclic) bond motifs is 3. The van der Waals surface area contributed by atoms with Gasteiger partial charge in [-0.15, -0.1) is 5.10 Å². The molecule has 3 heterocycles. The van der Waals surface area contributed by atoms with Crippen LogP contribution in [-0.2, 0) is 0 Å². The van der Waals surface area contributed by atoms with Crippen LogP contribution in [0.5, 0.6) is 23.0 Å². The van der Waals surface area contributed by atoms with Crippen molar-refractivity contribution in [3.8, 4) is 39.9 Å². The molecule has 0 bridgehead atoms. The Morgan fingerprint density at radius 1 is 0.735 bits per heavy atom. The largest absolute Gasteiger partial charge is 0.497 e. The van der Waals surface area contributed by atoms with Crippen LogP contribution in [-0.4, -0.2) is 53.4 Å². The fraction of sp³-hybridized carbons (Fsp3) is 0.200. The Kier molecular flexibility index (Phi) is 5.37. The summed E-state index contributed by atoms with van der Waals surface area (Å²) in [5, 5.41) is 9.74. The summed E-state index contributed by atoms with van der Waals surface area (Å²) in [6.45, 7) is 1.95. The second-order valence-corrected chi connectivity index (χ2v) is 7.58. The van der Waals surface area contributed by atoms with Gasteiger partial charge in [-0.2, -0.15) is 4.68 Å². The fourth-order valence-electron chi connectivity index (χ4n) is 3.97. The van der Waals surface area contributed by atoms with Gasteiger partial charge < -0.3 is 18.9 Å². The predicted octanol–water partition coefficient (Wildman–Crippen LogP) is 4.37. The lowest BCUT2D eigenvalue weighted by Gasteiger charge is -2.14. The van der Waals surface area contributed by atoms with E-state index in [9.17, 15) is 0 Å². The highest BCUT2D eigenvalue weighted by Gasteiger charge is 2.19. The molecule has 0 aliphatic rings. The average molecular weight is 457 g/mol. The Labute approximate surface area is 195 Å².